The maximum atomic E-state index is 6.20. The number of ether oxygens (including phenoxy) is 2. The minimum absolute atomic E-state index is 0.489. The minimum atomic E-state index is 0.489. The van der Waals surface area contributed by atoms with E-state index in [1.165, 1.54) is 10.9 Å². The van der Waals surface area contributed by atoms with E-state index >= 15 is 0 Å². The lowest BCUT2D eigenvalue weighted by Gasteiger charge is -2.11. The molecule has 3 nitrogen and oxygen atoms in total. The number of hydrogen-bond donors (Lipinski definition) is 0. The summed E-state index contributed by atoms with van der Waals surface area (Å²) in [6, 6.07) is 31.9. The summed E-state index contributed by atoms with van der Waals surface area (Å²) in [7, 11) is 0. The van der Waals surface area contributed by atoms with Crippen LogP contribution in [0.3, 0.4) is 0 Å². The largest absolute Gasteiger partial charge is 0.465 e. The van der Waals surface area contributed by atoms with Crippen LogP contribution in [0.1, 0.15) is 12.5 Å². The van der Waals surface area contributed by atoms with Crippen molar-refractivity contribution in [3.63, 3.8) is 0 Å². The highest BCUT2D eigenvalue weighted by atomic mass is 16.5. The lowest BCUT2D eigenvalue weighted by molar-refractivity contribution is 0.473. The highest BCUT2D eigenvalue weighted by Crippen LogP contribution is 2.23. The van der Waals surface area contributed by atoms with Crippen LogP contribution >= 0.6 is 0 Å². The van der Waals surface area contributed by atoms with Gasteiger partial charge in [-0.1, -0.05) is 66.2 Å². The Balaban J connectivity index is 1.63. The van der Waals surface area contributed by atoms with Gasteiger partial charge in [0, 0.05) is 5.57 Å². The summed E-state index contributed by atoms with van der Waals surface area (Å²) in [6.45, 7) is 3.98. The zero-order chi connectivity index (χ0) is 20.8. The Morgan fingerprint density at radius 3 is 2.17 bits per heavy atom. The van der Waals surface area contributed by atoms with Crippen molar-refractivity contribution in [2.75, 3.05) is 0 Å². The molecule has 4 rings (SSSR count). The van der Waals surface area contributed by atoms with Gasteiger partial charge in [-0.25, -0.2) is 4.99 Å². The van der Waals surface area contributed by atoms with Crippen molar-refractivity contribution in [2.45, 2.75) is 13.8 Å². The number of para-hydroxylation sites is 1. The SMILES string of the molecule is CC(=COc1ccc(C)cc1)C(=Nc1ccccc1)Oc1ccc2ccccc2c1. The first-order valence-electron chi connectivity index (χ1n) is 9.88. The van der Waals surface area contributed by atoms with Crippen molar-refractivity contribution in [1.82, 2.24) is 0 Å². The maximum absolute atomic E-state index is 6.20. The van der Waals surface area contributed by atoms with Gasteiger partial charge in [-0.2, -0.15) is 0 Å². The average Bonchev–Trinajstić information content (AvgIpc) is 2.78. The molecule has 0 aromatic heterocycles. The molecule has 0 heterocycles. The van der Waals surface area contributed by atoms with Gasteiger partial charge >= 0.3 is 0 Å². The van der Waals surface area contributed by atoms with E-state index < -0.39 is 0 Å². The number of rotatable bonds is 5. The topological polar surface area (TPSA) is 30.8 Å². The molecule has 4 aromatic rings. The molecule has 0 amide bonds. The van der Waals surface area contributed by atoms with Crippen LogP contribution in [0, 0.1) is 6.92 Å². The molecule has 0 aliphatic rings. The van der Waals surface area contributed by atoms with E-state index in [1.807, 2.05) is 98.8 Å². The van der Waals surface area contributed by atoms with Crippen molar-refractivity contribution >= 4 is 22.4 Å². The van der Waals surface area contributed by atoms with Gasteiger partial charge in [0.15, 0.2) is 0 Å². The minimum Gasteiger partial charge on any atom is -0.465 e. The highest BCUT2D eigenvalue weighted by Gasteiger charge is 2.09. The summed E-state index contributed by atoms with van der Waals surface area (Å²) in [6.07, 6.45) is 1.67. The van der Waals surface area contributed by atoms with Crippen LogP contribution in [0.5, 0.6) is 11.5 Å². The third kappa shape index (κ3) is 4.95. The molecule has 0 bridgehead atoms. The van der Waals surface area contributed by atoms with E-state index in [0.29, 0.717) is 5.90 Å². The molecule has 0 aliphatic heterocycles. The Hall–Kier alpha value is -3.85. The number of aliphatic imine (C=N–C) groups is 1. The van der Waals surface area contributed by atoms with Crippen LogP contribution < -0.4 is 9.47 Å². The second kappa shape index (κ2) is 9.10. The molecular weight excluding hydrogens is 370 g/mol. The number of aryl methyl sites for hydroxylation is 1. The predicted molar refractivity (Wildman–Crippen MR) is 124 cm³/mol. The number of fused-ring (bicyclic) bond motifs is 1. The first kappa shape index (κ1) is 19.5. The van der Waals surface area contributed by atoms with Gasteiger partial charge in [-0.05, 0) is 61.0 Å². The molecule has 3 heteroatoms. The number of benzene rings is 4. The molecule has 0 saturated carbocycles. The second-order valence-electron chi connectivity index (χ2n) is 7.10. The fourth-order valence-electron chi connectivity index (χ4n) is 2.98. The molecule has 0 aliphatic carbocycles. The summed E-state index contributed by atoms with van der Waals surface area (Å²) in [5.74, 6) is 1.99. The van der Waals surface area contributed by atoms with E-state index in [2.05, 4.69) is 12.1 Å². The maximum Gasteiger partial charge on any atom is 0.225 e. The first-order chi connectivity index (χ1) is 14.7. The summed E-state index contributed by atoms with van der Waals surface area (Å²) < 4.78 is 12.0. The molecule has 4 aromatic carbocycles. The van der Waals surface area contributed by atoms with Gasteiger partial charge in [-0.3, -0.25) is 0 Å². The lowest BCUT2D eigenvalue weighted by Crippen LogP contribution is -2.11. The quantitative estimate of drug-likeness (QED) is 0.203. The van der Waals surface area contributed by atoms with E-state index in [0.717, 1.165) is 28.1 Å². The normalized spacial score (nSPS) is 12.1. The average molecular weight is 393 g/mol. The van der Waals surface area contributed by atoms with Crippen molar-refractivity contribution in [2.24, 2.45) is 4.99 Å². The summed E-state index contributed by atoms with van der Waals surface area (Å²) in [5.41, 5.74) is 2.79. The molecule has 0 spiro atoms. The van der Waals surface area contributed by atoms with Gasteiger partial charge in [0.05, 0.1) is 11.9 Å². The Morgan fingerprint density at radius 1 is 0.733 bits per heavy atom. The van der Waals surface area contributed by atoms with Gasteiger partial charge in [0.25, 0.3) is 0 Å². The van der Waals surface area contributed by atoms with Gasteiger partial charge in [0.1, 0.15) is 11.5 Å². The van der Waals surface area contributed by atoms with Crippen LogP contribution in [0.4, 0.5) is 5.69 Å². The summed E-state index contributed by atoms with van der Waals surface area (Å²) in [4.78, 5) is 4.71. The second-order valence-corrected chi connectivity index (χ2v) is 7.10. The third-order valence-electron chi connectivity index (χ3n) is 4.65. The molecule has 0 radical (unpaired) electrons. The molecule has 0 fully saturated rings. The predicted octanol–water partition coefficient (Wildman–Crippen LogP) is 7.24. The van der Waals surface area contributed by atoms with Crippen LogP contribution in [0.2, 0.25) is 0 Å². The molecule has 0 N–H and O–H groups in total. The zero-order valence-electron chi connectivity index (χ0n) is 17.1. The Labute approximate surface area is 176 Å². The number of hydrogen-bond acceptors (Lipinski definition) is 3. The first-order valence-corrected chi connectivity index (χ1v) is 9.88. The molecule has 148 valence electrons. The van der Waals surface area contributed by atoms with E-state index in [4.69, 9.17) is 14.5 Å². The van der Waals surface area contributed by atoms with Crippen molar-refractivity contribution in [3.05, 3.63) is 114 Å². The standard InChI is InChI=1S/C27H23NO2/c1-20-12-15-25(16-13-20)29-19-21(2)27(28-24-10-4-3-5-11-24)30-26-17-14-22-8-6-7-9-23(22)18-26/h3-19H,1-2H3. The van der Waals surface area contributed by atoms with Crippen molar-refractivity contribution < 1.29 is 9.47 Å². The smallest absolute Gasteiger partial charge is 0.225 e. The third-order valence-corrected chi connectivity index (χ3v) is 4.65. The monoisotopic (exact) mass is 393 g/mol. The van der Waals surface area contributed by atoms with Gasteiger partial charge < -0.3 is 9.47 Å². The van der Waals surface area contributed by atoms with Crippen molar-refractivity contribution in [3.8, 4) is 11.5 Å². The van der Waals surface area contributed by atoms with Crippen LogP contribution in [0.15, 0.2) is 114 Å². The summed E-state index contributed by atoms with van der Waals surface area (Å²) >= 11 is 0. The van der Waals surface area contributed by atoms with Crippen LogP contribution in [0.25, 0.3) is 10.8 Å². The van der Waals surface area contributed by atoms with Gasteiger partial charge in [-0.15, -0.1) is 0 Å². The van der Waals surface area contributed by atoms with E-state index in [1.54, 1.807) is 6.26 Å². The summed E-state index contributed by atoms with van der Waals surface area (Å²) in [5, 5.41) is 2.29. The van der Waals surface area contributed by atoms with E-state index in [9.17, 15) is 0 Å². The Kier molecular flexibility index (Phi) is 5.90. The fourth-order valence-corrected chi connectivity index (χ4v) is 2.98. The fraction of sp³-hybridized carbons (Fsp3) is 0.0741. The zero-order valence-corrected chi connectivity index (χ0v) is 17.1. The van der Waals surface area contributed by atoms with Crippen LogP contribution in [-0.2, 0) is 0 Å². The molecule has 0 saturated heterocycles. The van der Waals surface area contributed by atoms with Crippen LogP contribution in [-0.4, -0.2) is 5.90 Å². The molecular formula is C27H23NO2. The molecule has 30 heavy (non-hydrogen) atoms. The Bertz CT molecular complexity index is 1190. The van der Waals surface area contributed by atoms with Crippen molar-refractivity contribution in [1.29, 1.82) is 0 Å². The lowest BCUT2D eigenvalue weighted by atomic mass is 10.1. The highest BCUT2D eigenvalue weighted by molar-refractivity contribution is 5.96. The van der Waals surface area contributed by atoms with Gasteiger partial charge in [0.2, 0.25) is 5.90 Å². The van der Waals surface area contributed by atoms with E-state index in [-0.39, 0.29) is 0 Å². The molecule has 0 atom stereocenters. The molecule has 0 unspecified atom stereocenters. The number of nitrogens with zero attached hydrogens (tertiary/aromatic N) is 1. The Morgan fingerprint density at radius 2 is 1.40 bits per heavy atom.